The Morgan fingerprint density at radius 3 is 2.33 bits per heavy atom. The summed E-state index contributed by atoms with van der Waals surface area (Å²) in [6, 6.07) is 17.9. The Kier molecular flexibility index (Phi) is 4.58. The van der Waals surface area contributed by atoms with Gasteiger partial charge in [-0.25, -0.2) is 0 Å². The predicted octanol–water partition coefficient (Wildman–Crippen LogP) is 4.34. The highest BCUT2D eigenvalue weighted by Crippen LogP contribution is 2.19. The summed E-state index contributed by atoms with van der Waals surface area (Å²) < 4.78 is 6.81. The molecule has 18 heavy (non-hydrogen) atoms. The van der Waals surface area contributed by atoms with Gasteiger partial charge in [-0.05, 0) is 23.3 Å². The van der Waals surface area contributed by atoms with Crippen molar-refractivity contribution in [2.45, 2.75) is 12.7 Å². The van der Waals surface area contributed by atoms with Crippen molar-refractivity contribution in [2.75, 3.05) is 0 Å². The van der Waals surface area contributed by atoms with Crippen LogP contribution in [-0.2, 0) is 11.3 Å². The topological polar surface area (TPSA) is 9.23 Å². The lowest BCUT2D eigenvalue weighted by Crippen LogP contribution is -2.02. The fourth-order valence-corrected chi connectivity index (χ4v) is 1.89. The number of hydrogen-bond acceptors (Lipinski definition) is 1. The van der Waals surface area contributed by atoms with Crippen molar-refractivity contribution in [3.63, 3.8) is 0 Å². The zero-order valence-corrected chi connectivity index (χ0v) is 11.4. The highest BCUT2D eigenvalue weighted by Gasteiger charge is 2.07. The van der Waals surface area contributed by atoms with Crippen LogP contribution in [0.5, 0.6) is 0 Å². The molecule has 0 heterocycles. The molecule has 0 aliphatic carbocycles. The van der Waals surface area contributed by atoms with E-state index >= 15 is 0 Å². The molecular weight excluding hydrogens is 288 g/mol. The van der Waals surface area contributed by atoms with Crippen molar-refractivity contribution < 1.29 is 4.74 Å². The molecule has 0 bridgehead atoms. The van der Waals surface area contributed by atoms with Crippen molar-refractivity contribution in [1.29, 1.82) is 0 Å². The molecular formula is C16H13BrO. The van der Waals surface area contributed by atoms with Crippen LogP contribution in [0.3, 0.4) is 0 Å². The van der Waals surface area contributed by atoms with Gasteiger partial charge >= 0.3 is 0 Å². The van der Waals surface area contributed by atoms with Crippen LogP contribution in [0, 0.1) is 12.3 Å². The molecule has 1 atom stereocenters. The molecule has 2 rings (SSSR count). The molecule has 0 saturated carbocycles. The highest BCUT2D eigenvalue weighted by molar-refractivity contribution is 9.10. The number of benzene rings is 2. The summed E-state index contributed by atoms with van der Waals surface area (Å²) in [4.78, 5) is 0. The molecule has 0 fully saturated rings. The zero-order valence-electron chi connectivity index (χ0n) is 9.84. The van der Waals surface area contributed by atoms with Gasteiger partial charge in [0.25, 0.3) is 0 Å². The van der Waals surface area contributed by atoms with Gasteiger partial charge < -0.3 is 4.74 Å². The third-order valence-electron chi connectivity index (χ3n) is 2.58. The first-order valence-corrected chi connectivity index (χ1v) is 6.46. The molecule has 0 aliphatic heterocycles. The van der Waals surface area contributed by atoms with Crippen LogP contribution in [-0.4, -0.2) is 0 Å². The first-order valence-electron chi connectivity index (χ1n) is 5.66. The molecule has 2 aromatic rings. The number of rotatable bonds is 4. The van der Waals surface area contributed by atoms with Crippen molar-refractivity contribution in [3.05, 3.63) is 70.2 Å². The van der Waals surface area contributed by atoms with E-state index in [9.17, 15) is 0 Å². The standard InChI is InChI=1S/C16H13BrO/c1-2-16(14-6-4-3-5-7-14)18-12-13-8-10-15(17)11-9-13/h1,3-11,16H,12H2/t16-/m1/s1. The Bertz CT molecular complexity index is 525. The van der Waals surface area contributed by atoms with Crippen molar-refractivity contribution >= 4 is 15.9 Å². The van der Waals surface area contributed by atoms with Gasteiger partial charge in [-0.2, -0.15) is 0 Å². The molecule has 2 aromatic carbocycles. The largest absolute Gasteiger partial charge is 0.356 e. The minimum atomic E-state index is -0.296. The van der Waals surface area contributed by atoms with E-state index in [1.54, 1.807) is 0 Å². The Hall–Kier alpha value is -1.56. The summed E-state index contributed by atoms with van der Waals surface area (Å²) in [6.45, 7) is 0.511. The van der Waals surface area contributed by atoms with Crippen LogP contribution < -0.4 is 0 Å². The fourth-order valence-electron chi connectivity index (χ4n) is 1.63. The highest BCUT2D eigenvalue weighted by atomic mass is 79.9. The second-order valence-electron chi connectivity index (χ2n) is 3.89. The fraction of sp³-hybridized carbons (Fsp3) is 0.125. The van der Waals surface area contributed by atoms with Gasteiger partial charge in [-0.1, -0.05) is 64.3 Å². The summed E-state index contributed by atoms with van der Waals surface area (Å²) in [5.74, 6) is 2.67. The lowest BCUT2D eigenvalue weighted by Gasteiger charge is -2.12. The van der Waals surface area contributed by atoms with Crippen LogP contribution in [0.4, 0.5) is 0 Å². The second kappa shape index (κ2) is 6.39. The summed E-state index contributed by atoms with van der Waals surface area (Å²) in [7, 11) is 0. The monoisotopic (exact) mass is 300 g/mol. The molecule has 0 spiro atoms. The summed E-state index contributed by atoms with van der Waals surface area (Å²) in [5, 5.41) is 0. The van der Waals surface area contributed by atoms with Crippen molar-refractivity contribution in [1.82, 2.24) is 0 Å². The van der Waals surface area contributed by atoms with Crippen LogP contribution >= 0.6 is 15.9 Å². The Balaban J connectivity index is 2.00. The first-order chi connectivity index (χ1) is 8.79. The maximum atomic E-state index is 5.75. The number of halogens is 1. The van der Waals surface area contributed by atoms with Gasteiger partial charge in [-0.15, -0.1) is 6.42 Å². The quantitative estimate of drug-likeness (QED) is 0.763. The predicted molar refractivity (Wildman–Crippen MR) is 76.9 cm³/mol. The first kappa shape index (κ1) is 12.9. The van der Waals surface area contributed by atoms with E-state index in [0.717, 1.165) is 15.6 Å². The maximum absolute atomic E-state index is 5.75. The van der Waals surface area contributed by atoms with E-state index in [-0.39, 0.29) is 6.10 Å². The van der Waals surface area contributed by atoms with E-state index in [1.165, 1.54) is 0 Å². The van der Waals surface area contributed by atoms with E-state index in [1.807, 2.05) is 54.6 Å². The summed E-state index contributed by atoms with van der Waals surface area (Å²) in [6.07, 6.45) is 5.21. The third-order valence-corrected chi connectivity index (χ3v) is 3.11. The molecule has 2 heteroatoms. The Labute approximate surface area is 116 Å². The Morgan fingerprint density at radius 1 is 1.06 bits per heavy atom. The average molecular weight is 301 g/mol. The van der Waals surface area contributed by atoms with Gasteiger partial charge in [0.05, 0.1) is 6.61 Å². The molecule has 0 unspecified atom stereocenters. The van der Waals surface area contributed by atoms with Crippen LogP contribution in [0.2, 0.25) is 0 Å². The van der Waals surface area contributed by atoms with Gasteiger partial charge in [0.1, 0.15) is 6.10 Å². The molecule has 1 nitrogen and oxygen atoms in total. The van der Waals surface area contributed by atoms with E-state index in [0.29, 0.717) is 6.61 Å². The van der Waals surface area contributed by atoms with E-state index in [2.05, 4.69) is 21.9 Å². The number of terminal acetylenes is 1. The second-order valence-corrected chi connectivity index (χ2v) is 4.81. The SMILES string of the molecule is C#C[C@@H](OCc1ccc(Br)cc1)c1ccccc1. The van der Waals surface area contributed by atoms with E-state index in [4.69, 9.17) is 11.2 Å². The van der Waals surface area contributed by atoms with Gasteiger partial charge in [0.15, 0.2) is 0 Å². The average Bonchev–Trinajstić information content (AvgIpc) is 2.43. The molecule has 0 saturated heterocycles. The van der Waals surface area contributed by atoms with Crippen molar-refractivity contribution in [2.24, 2.45) is 0 Å². The minimum absolute atomic E-state index is 0.296. The molecule has 0 radical (unpaired) electrons. The normalized spacial score (nSPS) is 11.8. The third kappa shape index (κ3) is 3.46. The van der Waals surface area contributed by atoms with Crippen LogP contribution in [0.25, 0.3) is 0 Å². The van der Waals surface area contributed by atoms with Gasteiger partial charge in [0.2, 0.25) is 0 Å². The van der Waals surface area contributed by atoms with Gasteiger partial charge in [0, 0.05) is 4.47 Å². The van der Waals surface area contributed by atoms with Crippen molar-refractivity contribution in [3.8, 4) is 12.3 Å². The molecule has 0 aliphatic rings. The lowest BCUT2D eigenvalue weighted by atomic mass is 10.1. The Morgan fingerprint density at radius 2 is 1.72 bits per heavy atom. The molecule has 0 amide bonds. The summed E-state index contributed by atoms with van der Waals surface area (Å²) >= 11 is 3.40. The molecule has 0 N–H and O–H groups in total. The minimum Gasteiger partial charge on any atom is -0.356 e. The number of ether oxygens (including phenoxy) is 1. The molecule has 0 aromatic heterocycles. The maximum Gasteiger partial charge on any atom is 0.143 e. The lowest BCUT2D eigenvalue weighted by molar-refractivity contribution is 0.0782. The van der Waals surface area contributed by atoms with Crippen LogP contribution in [0.15, 0.2) is 59.1 Å². The number of hydrogen-bond donors (Lipinski definition) is 0. The van der Waals surface area contributed by atoms with E-state index < -0.39 is 0 Å². The zero-order chi connectivity index (χ0) is 12.8. The molecule has 90 valence electrons. The smallest absolute Gasteiger partial charge is 0.143 e. The van der Waals surface area contributed by atoms with Crippen LogP contribution in [0.1, 0.15) is 17.2 Å². The van der Waals surface area contributed by atoms with Gasteiger partial charge in [-0.3, -0.25) is 0 Å². The summed E-state index contributed by atoms with van der Waals surface area (Å²) in [5.41, 5.74) is 2.12.